The molecule has 3 aliphatic rings. The summed E-state index contributed by atoms with van der Waals surface area (Å²) in [7, 11) is 1.60. The monoisotopic (exact) mass is 512 g/mol. The van der Waals surface area contributed by atoms with Crippen LogP contribution in [0.1, 0.15) is 45.7 Å². The number of rotatable bonds is 6. The molecule has 1 aromatic carbocycles. The van der Waals surface area contributed by atoms with Crippen LogP contribution in [-0.2, 0) is 19.1 Å². The van der Waals surface area contributed by atoms with Crippen LogP contribution < -0.4 is 4.74 Å². The first-order chi connectivity index (χ1) is 17.2. The highest BCUT2D eigenvalue weighted by atomic mass is 32.2. The highest BCUT2D eigenvalue weighted by molar-refractivity contribution is 8.16. The SMILES string of the molecule is COc1ccccc1[C@@H]1C(C(=O)OC(C)C)=C(C)N=C2SC=C(CC(=O)N3CCN(C(C)=O)CC3)N21. The molecular weight excluding hydrogens is 480 g/mol. The number of nitrogens with zero attached hydrogens (tertiary/aromatic N) is 4. The fourth-order valence-electron chi connectivity index (χ4n) is 4.63. The number of hydrogen-bond acceptors (Lipinski definition) is 8. The van der Waals surface area contributed by atoms with Gasteiger partial charge in [-0.05, 0) is 32.2 Å². The molecular formula is C26H32N4O5S. The van der Waals surface area contributed by atoms with Gasteiger partial charge in [-0.3, -0.25) is 9.59 Å². The summed E-state index contributed by atoms with van der Waals surface area (Å²) in [4.78, 5) is 48.4. The van der Waals surface area contributed by atoms with E-state index in [0.717, 1.165) is 11.3 Å². The van der Waals surface area contributed by atoms with Crippen LogP contribution >= 0.6 is 11.8 Å². The van der Waals surface area contributed by atoms with Gasteiger partial charge in [0.15, 0.2) is 5.17 Å². The summed E-state index contributed by atoms with van der Waals surface area (Å²) in [6.45, 7) is 9.04. The molecule has 0 aromatic heterocycles. The van der Waals surface area contributed by atoms with E-state index in [1.807, 2.05) is 55.3 Å². The van der Waals surface area contributed by atoms with Crippen LogP contribution in [0.2, 0.25) is 0 Å². The second-order valence-corrected chi connectivity index (χ2v) is 9.99. The Morgan fingerprint density at radius 3 is 2.42 bits per heavy atom. The van der Waals surface area contributed by atoms with E-state index in [2.05, 4.69) is 0 Å². The lowest BCUT2D eigenvalue weighted by Crippen LogP contribution is -2.50. The van der Waals surface area contributed by atoms with E-state index in [0.29, 0.717) is 48.4 Å². The minimum atomic E-state index is -0.552. The summed E-state index contributed by atoms with van der Waals surface area (Å²) in [5, 5.41) is 2.63. The minimum absolute atomic E-state index is 0.0220. The lowest BCUT2D eigenvalue weighted by molar-refractivity contribution is -0.143. The van der Waals surface area contributed by atoms with Crippen LogP contribution in [-0.4, -0.2) is 77.0 Å². The highest BCUT2D eigenvalue weighted by Gasteiger charge is 2.42. The van der Waals surface area contributed by atoms with Gasteiger partial charge >= 0.3 is 5.97 Å². The van der Waals surface area contributed by atoms with Crippen molar-refractivity contribution in [2.24, 2.45) is 4.99 Å². The van der Waals surface area contributed by atoms with Gasteiger partial charge in [-0.15, -0.1) is 0 Å². The number of methoxy groups -OCH3 is 1. The number of para-hydroxylation sites is 1. The maximum Gasteiger partial charge on any atom is 0.338 e. The van der Waals surface area contributed by atoms with Crippen LogP contribution in [0.25, 0.3) is 0 Å². The highest BCUT2D eigenvalue weighted by Crippen LogP contribution is 2.47. The van der Waals surface area contributed by atoms with Gasteiger partial charge in [-0.1, -0.05) is 30.0 Å². The number of amides is 2. The summed E-state index contributed by atoms with van der Waals surface area (Å²) in [6.07, 6.45) is -0.136. The predicted octanol–water partition coefficient (Wildman–Crippen LogP) is 3.30. The van der Waals surface area contributed by atoms with Gasteiger partial charge in [0, 0.05) is 44.4 Å². The maximum absolute atomic E-state index is 13.3. The lowest BCUT2D eigenvalue weighted by atomic mass is 9.93. The molecule has 3 heterocycles. The number of carbonyl (C=O) groups excluding carboxylic acids is 3. The number of piperazine rings is 1. The molecule has 0 N–H and O–H groups in total. The van der Waals surface area contributed by atoms with Gasteiger partial charge in [0.2, 0.25) is 11.8 Å². The molecule has 0 unspecified atom stereocenters. The molecule has 36 heavy (non-hydrogen) atoms. The number of fused-ring (bicyclic) bond motifs is 1. The number of carbonyl (C=O) groups is 3. The van der Waals surface area contributed by atoms with Crippen molar-refractivity contribution in [3.05, 3.63) is 52.2 Å². The molecule has 0 bridgehead atoms. The third-order valence-corrected chi connectivity index (χ3v) is 7.30. The Morgan fingerprint density at radius 2 is 1.78 bits per heavy atom. The smallest absolute Gasteiger partial charge is 0.338 e. The van der Waals surface area contributed by atoms with Crippen LogP contribution in [0.4, 0.5) is 0 Å². The molecule has 1 aromatic rings. The molecule has 1 atom stereocenters. The number of amidine groups is 1. The van der Waals surface area contributed by atoms with Crippen molar-refractivity contribution < 1.29 is 23.9 Å². The number of allylic oxidation sites excluding steroid dienone is 1. The Kier molecular flexibility index (Phi) is 7.73. The third kappa shape index (κ3) is 5.13. The number of esters is 1. The number of benzene rings is 1. The first-order valence-electron chi connectivity index (χ1n) is 12.0. The largest absolute Gasteiger partial charge is 0.496 e. The van der Waals surface area contributed by atoms with Gasteiger partial charge in [0.1, 0.15) is 5.75 Å². The molecule has 1 fully saturated rings. The zero-order valence-corrected chi connectivity index (χ0v) is 22.1. The summed E-state index contributed by atoms with van der Waals surface area (Å²) >= 11 is 1.43. The van der Waals surface area contributed by atoms with E-state index >= 15 is 0 Å². The van der Waals surface area contributed by atoms with Crippen molar-refractivity contribution in [1.29, 1.82) is 0 Å². The topological polar surface area (TPSA) is 91.7 Å². The van der Waals surface area contributed by atoms with Crippen molar-refractivity contribution in [3.8, 4) is 5.75 Å². The Balaban J connectivity index is 1.65. The van der Waals surface area contributed by atoms with Gasteiger partial charge < -0.3 is 24.2 Å². The van der Waals surface area contributed by atoms with E-state index in [4.69, 9.17) is 14.5 Å². The molecule has 2 amide bonds. The zero-order chi connectivity index (χ0) is 26.0. The first kappa shape index (κ1) is 25.8. The second kappa shape index (κ2) is 10.8. The van der Waals surface area contributed by atoms with Crippen LogP contribution in [0.5, 0.6) is 5.75 Å². The number of aliphatic imine (C=N–C) groups is 1. The van der Waals surface area contributed by atoms with Crippen LogP contribution in [0.3, 0.4) is 0 Å². The van der Waals surface area contributed by atoms with Gasteiger partial charge in [-0.2, -0.15) is 0 Å². The molecule has 9 nitrogen and oxygen atoms in total. The third-order valence-electron chi connectivity index (χ3n) is 6.41. The average Bonchev–Trinajstić information content (AvgIpc) is 3.24. The Labute approximate surface area is 215 Å². The molecule has 3 aliphatic heterocycles. The molecule has 0 spiro atoms. The van der Waals surface area contributed by atoms with Gasteiger partial charge in [0.05, 0.1) is 36.9 Å². The average molecular weight is 513 g/mol. The fraction of sp³-hybridized carbons (Fsp3) is 0.462. The maximum atomic E-state index is 13.3. The van der Waals surface area contributed by atoms with E-state index in [1.165, 1.54) is 11.8 Å². The summed E-state index contributed by atoms with van der Waals surface area (Å²) in [6, 6.07) is 7.00. The van der Waals surface area contributed by atoms with Crippen LogP contribution in [0, 0.1) is 0 Å². The number of hydrogen-bond donors (Lipinski definition) is 0. The van der Waals surface area contributed by atoms with E-state index in [-0.39, 0.29) is 24.3 Å². The Hall–Kier alpha value is -3.27. The Morgan fingerprint density at radius 1 is 1.11 bits per heavy atom. The summed E-state index contributed by atoms with van der Waals surface area (Å²) in [5.74, 6) is 0.190. The molecule has 10 heteroatoms. The predicted molar refractivity (Wildman–Crippen MR) is 138 cm³/mol. The molecule has 0 radical (unpaired) electrons. The summed E-state index contributed by atoms with van der Waals surface area (Å²) < 4.78 is 11.3. The van der Waals surface area contributed by atoms with Crippen LogP contribution in [0.15, 0.2) is 51.6 Å². The van der Waals surface area contributed by atoms with E-state index in [9.17, 15) is 14.4 Å². The normalized spacial score (nSPS) is 19.7. The zero-order valence-electron chi connectivity index (χ0n) is 21.3. The van der Waals surface area contributed by atoms with E-state index < -0.39 is 12.0 Å². The quantitative estimate of drug-likeness (QED) is 0.540. The van der Waals surface area contributed by atoms with E-state index in [1.54, 1.807) is 23.8 Å². The fourth-order valence-corrected chi connectivity index (χ4v) is 5.60. The van der Waals surface area contributed by atoms with Crippen molar-refractivity contribution in [2.75, 3.05) is 33.3 Å². The van der Waals surface area contributed by atoms with Crippen molar-refractivity contribution in [1.82, 2.24) is 14.7 Å². The van der Waals surface area contributed by atoms with Crippen molar-refractivity contribution in [3.63, 3.8) is 0 Å². The molecule has 0 aliphatic carbocycles. The molecule has 1 saturated heterocycles. The Bertz CT molecular complexity index is 1150. The molecule has 192 valence electrons. The van der Waals surface area contributed by atoms with Crippen molar-refractivity contribution in [2.45, 2.75) is 46.3 Å². The number of thioether (sulfide) groups is 1. The molecule has 4 rings (SSSR count). The lowest BCUT2D eigenvalue weighted by Gasteiger charge is -2.38. The van der Waals surface area contributed by atoms with Crippen molar-refractivity contribution >= 4 is 34.7 Å². The first-order valence-corrected chi connectivity index (χ1v) is 12.9. The van der Waals surface area contributed by atoms with Gasteiger partial charge in [-0.25, -0.2) is 9.79 Å². The number of ether oxygens (including phenoxy) is 2. The summed E-state index contributed by atoms with van der Waals surface area (Å²) in [5.41, 5.74) is 2.55. The molecule has 0 saturated carbocycles. The van der Waals surface area contributed by atoms with Gasteiger partial charge in [0.25, 0.3) is 0 Å². The minimum Gasteiger partial charge on any atom is -0.496 e. The standard InChI is InChI=1S/C26H32N4O5S/c1-16(2)35-25(33)23-17(3)27-26-30(24(23)20-8-6-7-9-21(20)34-5)19(15-36-26)14-22(32)29-12-10-28(11-13-29)18(4)31/h6-9,15-16,24H,10-14H2,1-5H3/t24-/m1/s1. The second-order valence-electron chi connectivity index (χ2n) is 9.15.